The SMILES string of the molecule is CC1=C(C(=O)Nc2nc3ccccc3s2)C2(CCCC2)N=C(NC2=NC3CC=CC=C3O2)N1. The number of fused-ring (bicyclic) bond motifs is 2. The summed E-state index contributed by atoms with van der Waals surface area (Å²) in [4.78, 5) is 27.6. The van der Waals surface area contributed by atoms with Crippen molar-refractivity contribution >= 4 is 44.6 Å². The van der Waals surface area contributed by atoms with Crippen LogP contribution in [-0.2, 0) is 9.53 Å². The van der Waals surface area contributed by atoms with Gasteiger partial charge < -0.3 is 10.1 Å². The van der Waals surface area contributed by atoms with Crippen molar-refractivity contribution in [2.24, 2.45) is 9.98 Å². The molecule has 1 saturated carbocycles. The number of guanidine groups is 1. The van der Waals surface area contributed by atoms with Crippen molar-refractivity contribution in [2.45, 2.75) is 50.6 Å². The summed E-state index contributed by atoms with van der Waals surface area (Å²) < 4.78 is 6.91. The van der Waals surface area contributed by atoms with Crippen LogP contribution in [0.4, 0.5) is 5.13 Å². The van der Waals surface area contributed by atoms with Gasteiger partial charge in [-0.1, -0.05) is 48.5 Å². The minimum atomic E-state index is -0.564. The summed E-state index contributed by atoms with van der Waals surface area (Å²) in [5.41, 5.74) is 1.78. The zero-order chi connectivity index (χ0) is 22.4. The maximum atomic E-state index is 13.4. The summed E-state index contributed by atoms with van der Waals surface area (Å²) in [6.45, 7) is 1.92. The van der Waals surface area contributed by atoms with Gasteiger partial charge >= 0.3 is 0 Å². The number of ether oxygens (including phenoxy) is 1. The second-order valence-electron chi connectivity index (χ2n) is 8.67. The first kappa shape index (κ1) is 20.2. The molecule has 2 aromatic rings. The van der Waals surface area contributed by atoms with E-state index in [1.165, 1.54) is 11.3 Å². The van der Waals surface area contributed by atoms with Crippen LogP contribution in [0.1, 0.15) is 39.0 Å². The van der Waals surface area contributed by atoms with Gasteiger partial charge in [0.15, 0.2) is 5.13 Å². The molecule has 0 bridgehead atoms. The number of anilines is 1. The standard InChI is InChI=1S/C24H24N6O2S/c1-14-19(20(31)28-23-27-16-9-3-5-11-18(16)33-23)24(12-6-7-13-24)30-21(25-14)29-22-26-15-8-2-4-10-17(15)32-22/h2-5,9-11,15H,6-8,12-13H2,1H3,(H,27,28,31)(H2,25,26,29,30). The Morgan fingerprint density at radius 1 is 1.27 bits per heavy atom. The number of rotatable bonds is 2. The number of nitrogens with one attached hydrogen (secondary N) is 3. The smallest absolute Gasteiger partial charge is 0.297 e. The lowest BCUT2D eigenvalue weighted by molar-refractivity contribution is -0.113. The number of benzene rings is 1. The van der Waals surface area contributed by atoms with E-state index in [2.05, 4.69) is 32.0 Å². The number of allylic oxidation sites excluding steroid dienone is 3. The molecule has 2 aliphatic heterocycles. The van der Waals surface area contributed by atoms with E-state index in [9.17, 15) is 4.79 Å². The first-order chi connectivity index (χ1) is 16.1. The molecule has 9 heteroatoms. The molecule has 33 heavy (non-hydrogen) atoms. The Morgan fingerprint density at radius 3 is 2.94 bits per heavy atom. The molecule has 1 aromatic heterocycles. The fourth-order valence-corrected chi connectivity index (χ4v) is 5.85. The summed E-state index contributed by atoms with van der Waals surface area (Å²) in [7, 11) is 0. The van der Waals surface area contributed by atoms with Crippen molar-refractivity contribution < 1.29 is 9.53 Å². The van der Waals surface area contributed by atoms with Gasteiger partial charge in [0.25, 0.3) is 11.9 Å². The second-order valence-corrected chi connectivity index (χ2v) is 9.71. The fourth-order valence-electron chi connectivity index (χ4n) is 4.99. The third kappa shape index (κ3) is 3.62. The van der Waals surface area contributed by atoms with Crippen LogP contribution in [0.5, 0.6) is 0 Å². The van der Waals surface area contributed by atoms with Crippen molar-refractivity contribution in [1.29, 1.82) is 0 Å². The second kappa shape index (κ2) is 7.84. The molecule has 0 saturated heterocycles. The van der Waals surface area contributed by atoms with E-state index in [-0.39, 0.29) is 11.9 Å². The van der Waals surface area contributed by atoms with Crippen molar-refractivity contribution in [3.05, 3.63) is 59.5 Å². The number of amidine groups is 1. The number of carbonyl (C=O) groups is 1. The van der Waals surface area contributed by atoms with Crippen LogP contribution in [0, 0.1) is 0 Å². The predicted molar refractivity (Wildman–Crippen MR) is 130 cm³/mol. The van der Waals surface area contributed by atoms with E-state index in [1.54, 1.807) is 0 Å². The van der Waals surface area contributed by atoms with E-state index in [1.807, 2.05) is 43.3 Å². The summed E-state index contributed by atoms with van der Waals surface area (Å²) in [6.07, 6.45) is 10.5. The zero-order valence-corrected chi connectivity index (χ0v) is 19.0. The first-order valence-electron chi connectivity index (χ1n) is 11.2. The van der Waals surface area contributed by atoms with Crippen LogP contribution in [0.3, 0.4) is 0 Å². The van der Waals surface area contributed by atoms with Gasteiger partial charge in [0.2, 0.25) is 5.96 Å². The number of hydrogen-bond acceptors (Lipinski definition) is 8. The normalized spacial score (nSPS) is 22.9. The molecule has 1 fully saturated rings. The highest BCUT2D eigenvalue weighted by molar-refractivity contribution is 7.22. The molecule has 1 aromatic carbocycles. The van der Waals surface area contributed by atoms with E-state index in [0.29, 0.717) is 22.7 Å². The zero-order valence-electron chi connectivity index (χ0n) is 18.2. The largest absolute Gasteiger partial charge is 0.428 e. The average Bonchev–Trinajstić information content (AvgIpc) is 3.51. The predicted octanol–water partition coefficient (Wildman–Crippen LogP) is 3.97. The molecular formula is C24H24N6O2S. The summed E-state index contributed by atoms with van der Waals surface area (Å²) in [5.74, 6) is 1.26. The van der Waals surface area contributed by atoms with Crippen LogP contribution in [-0.4, -0.2) is 34.5 Å². The average molecular weight is 461 g/mol. The third-order valence-electron chi connectivity index (χ3n) is 6.44. The molecular weight excluding hydrogens is 436 g/mol. The van der Waals surface area contributed by atoms with Gasteiger partial charge in [0.1, 0.15) is 11.8 Å². The number of thiazole rings is 1. The molecule has 3 N–H and O–H groups in total. The van der Waals surface area contributed by atoms with Crippen LogP contribution >= 0.6 is 11.3 Å². The number of aliphatic imine (C=N–C) groups is 2. The molecule has 2 aliphatic carbocycles. The minimum Gasteiger partial charge on any atom is -0.428 e. The van der Waals surface area contributed by atoms with Gasteiger partial charge in [0.05, 0.1) is 21.3 Å². The first-order valence-corrected chi connectivity index (χ1v) is 12.1. The van der Waals surface area contributed by atoms with Crippen molar-refractivity contribution in [1.82, 2.24) is 15.6 Å². The molecule has 0 radical (unpaired) electrons. The van der Waals surface area contributed by atoms with Crippen molar-refractivity contribution in [2.75, 3.05) is 5.32 Å². The highest BCUT2D eigenvalue weighted by Gasteiger charge is 2.45. The molecule has 1 spiro atoms. The fraction of sp³-hybridized carbons (Fsp3) is 0.333. The Hall–Kier alpha value is -3.46. The quantitative estimate of drug-likeness (QED) is 0.630. The van der Waals surface area contributed by atoms with E-state index in [4.69, 9.17) is 9.73 Å². The van der Waals surface area contributed by atoms with E-state index < -0.39 is 5.54 Å². The maximum Gasteiger partial charge on any atom is 0.297 e. The van der Waals surface area contributed by atoms with Gasteiger partial charge in [-0.05, 0) is 44.4 Å². The maximum absolute atomic E-state index is 13.4. The molecule has 1 unspecified atom stereocenters. The molecule has 1 atom stereocenters. The Kier molecular flexibility index (Phi) is 4.79. The van der Waals surface area contributed by atoms with Crippen molar-refractivity contribution in [3.63, 3.8) is 0 Å². The topological polar surface area (TPSA) is 100 Å². The molecule has 168 valence electrons. The van der Waals surface area contributed by atoms with Crippen LogP contribution in [0.2, 0.25) is 0 Å². The minimum absolute atomic E-state index is 0.0221. The number of amides is 1. The summed E-state index contributed by atoms with van der Waals surface area (Å²) >= 11 is 1.48. The van der Waals surface area contributed by atoms with Gasteiger partial charge in [-0.3, -0.25) is 15.4 Å². The van der Waals surface area contributed by atoms with Gasteiger partial charge in [-0.2, -0.15) is 0 Å². The molecule has 1 amide bonds. The van der Waals surface area contributed by atoms with Gasteiger partial charge in [0, 0.05) is 5.70 Å². The Bertz CT molecular complexity index is 1260. The summed E-state index contributed by atoms with van der Waals surface area (Å²) in [6, 6.07) is 8.33. The molecule has 6 rings (SSSR count). The number of carbonyl (C=O) groups excluding carboxylic acids is 1. The Labute approximate surface area is 195 Å². The van der Waals surface area contributed by atoms with E-state index >= 15 is 0 Å². The lowest BCUT2D eigenvalue weighted by Gasteiger charge is -2.34. The molecule has 4 aliphatic rings. The lowest BCUT2D eigenvalue weighted by atomic mass is 9.85. The summed E-state index contributed by atoms with van der Waals surface area (Å²) in [5, 5.41) is 10.1. The number of hydrogen-bond donors (Lipinski definition) is 3. The van der Waals surface area contributed by atoms with Gasteiger partial charge in [-0.25, -0.2) is 15.0 Å². The monoisotopic (exact) mass is 460 g/mol. The highest BCUT2D eigenvalue weighted by atomic mass is 32.1. The lowest BCUT2D eigenvalue weighted by Crippen LogP contribution is -2.49. The van der Waals surface area contributed by atoms with Crippen LogP contribution < -0.4 is 16.0 Å². The number of nitrogens with zero attached hydrogens (tertiary/aromatic N) is 3. The van der Waals surface area contributed by atoms with Gasteiger partial charge in [-0.15, -0.1) is 0 Å². The van der Waals surface area contributed by atoms with E-state index in [0.717, 1.165) is 53.8 Å². The Morgan fingerprint density at radius 2 is 2.12 bits per heavy atom. The number of para-hydroxylation sites is 1. The highest BCUT2D eigenvalue weighted by Crippen LogP contribution is 2.42. The number of aromatic nitrogens is 1. The third-order valence-corrected chi connectivity index (χ3v) is 7.39. The molecule has 3 heterocycles. The van der Waals surface area contributed by atoms with Crippen LogP contribution in [0.15, 0.2) is 69.5 Å². The Balaban J connectivity index is 1.25. The molecule has 8 nitrogen and oxygen atoms in total. The van der Waals surface area contributed by atoms with Crippen LogP contribution in [0.25, 0.3) is 10.2 Å². The van der Waals surface area contributed by atoms with Crippen molar-refractivity contribution in [3.8, 4) is 0 Å².